The maximum absolute atomic E-state index is 11.9. The van der Waals surface area contributed by atoms with Gasteiger partial charge in [-0.2, -0.15) is 0 Å². The summed E-state index contributed by atoms with van der Waals surface area (Å²) in [5.41, 5.74) is 0.756. The number of carboxylic acid groups (broad SMARTS) is 1. The highest BCUT2D eigenvalue weighted by Gasteiger charge is 2.09. The molecule has 2 aromatic rings. The third kappa shape index (κ3) is 3.79. The molecular weight excluding hydrogens is 280 g/mol. The summed E-state index contributed by atoms with van der Waals surface area (Å²) in [6.45, 7) is 2.06. The van der Waals surface area contributed by atoms with Gasteiger partial charge in [0, 0.05) is 17.0 Å². The third-order valence-electron chi connectivity index (χ3n) is 2.34. The van der Waals surface area contributed by atoms with E-state index < -0.39 is 5.97 Å². The number of carboxylic acids is 1. The van der Waals surface area contributed by atoms with E-state index in [4.69, 9.17) is 9.63 Å². The van der Waals surface area contributed by atoms with E-state index in [0.29, 0.717) is 15.5 Å². The van der Waals surface area contributed by atoms with Crippen molar-refractivity contribution in [1.29, 1.82) is 0 Å². The quantitative estimate of drug-likeness (QED) is 0.823. The van der Waals surface area contributed by atoms with Gasteiger partial charge in [-0.1, -0.05) is 5.16 Å². The first-order chi connectivity index (χ1) is 9.54. The van der Waals surface area contributed by atoms with E-state index in [1.165, 1.54) is 17.4 Å². The Morgan fingerprint density at radius 1 is 1.50 bits per heavy atom. The van der Waals surface area contributed by atoms with Gasteiger partial charge in [0.15, 0.2) is 5.76 Å². The van der Waals surface area contributed by atoms with Gasteiger partial charge >= 0.3 is 5.97 Å². The van der Waals surface area contributed by atoms with Crippen molar-refractivity contribution in [2.75, 3.05) is 0 Å². The summed E-state index contributed by atoms with van der Waals surface area (Å²) in [6.07, 6.45) is 2.48. The van der Waals surface area contributed by atoms with Crippen LogP contribution in [0.15, 0.2) is 28.8 Å². The highest BCUT2D eigenvalue weighted by molar-refractivity contribution is 7.14. The van der Waals surface area contributed by atoms with Crippen LogP contribution in [0.25, 0.3) is 6.08 Å². The van der Waals surface area contributed by atoms with Crippen LogP contribution in [-0.4, -0.2) is 22.1 Å². The summed E-state index contributed by atoms with van der Waals surface area (Å²) in [4.78, 5) is 23.5. The van der Waals surface area contributed by atoms with Crippen molar-refractivity contribution in [2.24, 2.45) is 0 Å². The Morgan fingerprint density at radius 3 is 2.95 bits per heavy atom. The number of amides is 1. The number of hydrogen-bond acceptors (Lipinski definition) is 5. The summed E-state index contributed by atoms with van der Waals surface area (Å²) in [7, 11) is 0. The van der Waals surface area contributed by atoms with Crippen molar-refractivity contribution in [1.82, 2.24) is 10.5 Å². The number of hydrogen-bond donors (Lipinski definition) is 2. The fourth-order valence-corrected chi connectivity index (χ4v) is 2.30. The number of rotatable bonds is 5. The van der Waals surface area contributed by atoms with E-state index in [-0.39, 0.29) is 12.5 Å². The molecule has 0 aliphatic carbocycles. The highest BCUT2D eigenvalue weighted by atomic mass is 32.1. The first kappa shape index (κ1) is 14.0. The number of nitrogens with one attached hydrogen (secondary N) is 1. The number of nitrogens with zero attached hydrogens (tertiary/aromatic N) is 1. The van der Waals surface area contributed by atoms with Crippen LogP contribution < -0.4 is 5.32 Å². The number of aliphatic carboxylic acids is 1. The number of aryl methyl sites for hydroxylation is 1. The van der Waals surface area contributed by atoms with Crippen molar-refractivity contribution in [3.05, 3.63) is 45.5 Å². The summed E-state index contributed by atoms with van der Waals surface area (Å²) < 4.78 is 4.98. The zero-order chi connectivity index (χ0) is 14.5. The normalized spacial score (nSPS) is 10.8. The molecule has 0 aliphatic heterocycles. The molecule has 0 radical (unpaired) electrons. The monoisotopic (exact) mass is 292 g/mol. The van der Waals surface area contributed by atoms with Crippen LogP contribution in [0.5, 0.6) is 0 Å². The van der Waals surface area contributed by atoms with Crippen LogP contribution in [0, 0.1) is 6.92 Å². The second kappa shape index (κ2) is 6.16. The average Bonchev–Trinajstić information content (AvgIpc) is 3.02. The number of carbonyl (C=O) groups is 2. The van der Waals surface area contributed by atoms with E-state index in [9.17, 15) is 9.59 Å². The van der Waals surface area contributed by atoms with Gasteiger partial charge in [-0.05, 0) is 25.1 Å². The Bertz CT molecular complexity index is 657. The molecule has 6 nitrogen and oxygen atoms in total. The molecule has 0 unspecified atom stereocenters. The molecule has 104 valence electrons. The maximum atomic E-state index is 11.9. The molecule has 2 aromatic heterocycles. The van der Waals surface area contributed by atoms with Crippen LogP contribution in [0.4, 0.5) is 0 Å². The lowest BCUT2D eigenvalue weighted by molar-refractivity contribution is -0.131. The van der Waals surface area contributed by atoms with Gasteiger partial charge in [0.1, 0.15) is 0 Å². The standard InChI is InChI=1S/C13H12N2O4S/c1-8-6-9(19-15-8)7-14-13(18)11-4-2-10(20-11)3-5-12(16)17/h2-6H,7H2,1H3,(H,14,18)(H,16,17). The van der Waals surface area contributed by atoms with Crippen LogP contribution >= 0.6 is 11.3 Å². The first-order valence-corrected chi connectivity index (χ1v) is 6.57. The van der Waals surface area contributed by atoms with Gasteiger partial charge in [0.2, 0.25) is 0 Å². The molecule has 0 atom stereocenters. The van der Waals surface area contributed by atoms with Crippen molar-refractivity contribution in [2.45, 2.75) is 13.5 Å². The lowest BCUT2D eigenvalue weighted by Crippen LogP contribution is -2.21. The molecule has 0 aromatic carbocycles. The van der Waals surface area contributed by atoms with Gasteiger partial charge in [-0.3, -0.25) is 4.79 Å². The van der Waals surface area contributed by atoms with Crippen LogP contribution in [0.1, 0.15) is 26.0 Å². The minimum atomic E-state index is -1.02. The number of thiophene rings is 1. The topological polar surface area (TPSA) is 92.4 Å². The second-order valence-electron chi connectivity index (χ2n) is 3.99. The molecule has 20 heavy (non-hydrogen) atoms. The Morgan fingerprint density at radius 2 is 2.30 bits per heavy atom. The molecule has 0 fully saturated rings. The summed E-state index contributed by atoms with van der Waals surface area (Å²) >= 11 is 1.21. The third-order valence-corrected chi connectivity index (χ3v) is 3.39. The minimum Gasteiger partial charge on any atom is -0.478 e. The van der Waals surface area contributed by atoms with Crippen LogP contribution in [0.2, 0.25) is 0 Å². The van der Waals surface area contributed by atoms with Crippen molar-refractivity contribution < 1.29 is 19.2 Å². The molecule has 2 heterocycles. The van der Waals surface area contributed by atoms with Gasteiger partial charge in [-0.25, -0.2) is 4.79 Å². The van der Waals surface area contributed by atoms with Gasteiger partial charge in [0.05, 0.1) is 17.1 Å². The van der Waals surface area contributed by atoms with Gasteiger partial charge in [-0.15, -0.1) is 11.3 Å². The van der Waals surface area contributed by atoms with Crippen LogP contribution in [0.3, 0.4) is 0 Å². The molecule has 0 bridgehead atoms. The predicted molar refractivity (Wildman–Crippen MR) is 73.4 cm³/mol. The molecule has 0 spiro atoms. The molecule has 0 saturated carbocycles. The molecule has 1 amide bonds. The van der Waals surface area contributed by atoms with E-state index in [1.54, 1.807) is 25.1 Å². The van der Waals surface area contributed by atoms with E-state index in [2.05, 4.69) is 10.5 Å². The van der Waals surface area contributed by atoms with E-state index >= 15 is 0 Å². The largest absolute Gasteiger partial charge is 0.478 e. The SMILES string of the molecule is Cc1cc(CNC(=O)c2ccc(C=CC(=O)O)s2)on1. The zero-order valence-electron chi connectivity index (χ0n) is 10.6. The number of aromatic nitrogens is 1. The lowest BCUT2D eigenvalue weighted by Gasteiger charge is -1.99. The highest BCUT2D eigenvalue weighted by Crippen LogP contribution is 2.18. The van der Waals surface area contributed by atoms with E-state index in [0.717, 1.165) is 11.8 Å². The van der Waals surface area contributed by atoms with Gasteiger partial charge in [0.25, 0.3) is 5.91 Å². The fraction of sp³-hybridized carbons (Fsp3) is 0.154. The zero-order valence-corrected chi connectivity index (χ0v) is 11.4. The van der Waals surface area contributed by atoms with Gasteiger partial charge < -0.3 is 14.9 Å². The smallest absolute Gasteiger partial charge is 0.328 e. The van der Waals surface area contributed by atoms with Crippen molar-refractivity contribution in [3.8, 4) is 0 Å². The molecule has 0 saturated heterocycles. The van der Waals surface area contributed by atoms with E-state index in [1.807, 2.05) is 0 Å². The Balaban J connectivity index is 1.94. The Hall–Kier alpha value is -2.41. The van der Waals surface area contributed by atoms with Crippen molar-refractivity contribution in [3.63, 3.8) is 0 Å². The van der Waals surface area contributed by atoms with Crippen molar-refractivity contribution >= 4 is 29.3 Å². The number of carbonyl (C=O) groups excluding carboxylic acids is 1. The average molecular weight is 292 g/mol. The fourth-order valence-electron chi connectivity index (χ4n) is 1.47. The Kier molecular flexibility index (Phi) is 4.31. The maximum Gasteiger partial charge on any atom is 0.328 e. The Labute approximate surface area is 118 Å². The summed E-state index contributed by atoms with van der Waals surface area (Å²) in [6, 6.07) is 5.08. The molecule has 7 heteroatoms. The molecule has 0 aliphatic rings. The molecule has 2 N–H and O–H groups in total. The first-order valence-electron chi connectivity index (χ1n) is 5.76. The second-order valence-corrected chi connectivity index (χ2v) is 5.11. The molecular formula is C13H12N2O4S. The molecule has 2 rings (SSSR count). The lowest BCUT2D eigenvalue weighted by atomic mass is 10.3. The van der Waals surface area contributed by atoms with Crippen LogP contribution in [-0.2, 0) is 11.3 Å². The predicted octanol–water partition coefficient (Wildman–Crippen LogP) is 2.07. The summed E-state index contributed by atoms with van der Waals surface area (Å²) in [5, 5.41) is 15.0. The minimum absolute atomic E-state index is 0.237. The summed E-state index contributed by atoms with van der Waals surface area (Å²) in [5.74, 6) is -0.678.